The molecule has 0 atom stereocenters. The average Bonchev–Trinajstić information content (AvgIpc) is 2.56. The number of hydrogen-bond acceptors (Lipinski definition) is 3. The second kappa shape index (κ2) is 6.62. The van der Waals surface area contributed by atoms with Gasteiger partial charge < -0.3 is 19.7 Å². The number of piperazine rings is 1. The Morgan fingerprint density at radius 1 is 1.05 bits per heavy atom. The summed E-state index contributed by atoms with van der Waals surface area (Å²) in [5.41, 5.74) is 2.60. The van der Waals surface area contributed by atoms with Crippen LogP contribution in [0, 0.1) is 0 Å². The molecular weight excluding hydrogens is 276 g/mol. The molecule has 0 amide bonds. The molecule has 4 nitrogen and oxygen atoms in total. The van der Waals surface area contributed by atoms with E-state index in [1.54, 1.807) is 18.2 Å². The number of carbonyl (C=O) groups excluding carboxylic acids is 1. The molecule has 0 radical (unpaired) electrons. The van der Waals surface area contributed by atoms with Crippen molar-refractivity contribution in [2.24, 2.45) is 0 Å². The van der Waals surface area contributed by atoms with Crippen molar-refractivity contribution >= 4 is 11.7 Å². The third-order valence-electron chi connectivity index (χ3n) is 4.21. The molecule has 2 aromatic carbocycles. The topological polar surface area (TPSA) is 47.8 Å². The number of carboxylic acid groups (broad SMARTS) is 1. The molecule has 3 rings (SSSR count). The third kappa shape index (κ3) is 3.46. The SMILES string of the molecule is O=C([O-])c1cccc(C[NH+]2CCN(c3ccccc3)CC2)c1. The van der Waals surface area contributed by atoms with Crippen LogP contribution in [0.4, 0.5) is 5.69 Å². The van der Waals surface area contributed by atoms with Crippen molar-refractivity contribution in [2.75, 3.05) is 31.1 Å². The van der Waals surface area contributed by atoms with Crippen LogP contribution in [0.25, 0.3) is 0 Å². The molecule has 0 unspecified atom stereocenters. The number of quaternary nitrogens is 1. The maximum absolute atomic E-state index is 10.9. The average molecular weight is 296 g/mol. The quantitative estimate of drug-likeness (QED) is 0.861. The zero-order chi connectivity index (χ0) is 15.4. The van der Waals surface area contributed by atoms with E-state index in [0.29, 0.717) is 0 Å². The lowest BCUT2D eigenvalue weighted by Crippen LogP contribution is -3.13. The molecule has 1 heterocycles. The molecule has 1 saturated heterocycles. The van der Waals surface area contributed by atoms with E-state index in [-0.39, 0.29) is 5.56 Å². The van der Waals surface area contributed by atoms with Crippen LogP contribution in [0.5, 0.6) is 0 Å². The lowest BCUT2D eigenvalue weighted by molar-refractivity contribution is -0.914. The van der Waals surface area contributed by atoms with E-state index >= 15 is 0 Å². The second-order valence-electron chi connectivity index (χ2n) is 5.74. The molecule has 0 saturated carbocycles. The maximum atomic E-state index is 10.9. The van der Waals surface area contributed by atoms with Gasteiger partial charge in [-0.3, -0.25) is 0 Å². The van der Waals surface area contributed by atoms with Gasteiger partial charge in [0.1, 0.15) is 6.54 Å². The molecule has 2 aromatic rings. The Balaban J connectivity index is 1.58. The van der Waals surface area contributed by atoms with Gasteiger partial charge in [-0.25, -0.2) is 0 Å². The minimum absolute atomic E-state index is 0.264. The molecular formula is C18H20N2O2. The van der Waals surface area contributed by atoms with Crippen LogP contribution in [-0.2, 0) is 6.54 Å². The van der Waals surface area contributed by atoms with Gasteiger partial charge in [-0.2, -0.15) is 0 Å². The fourth-order valence-corrected chi connectivity index (χ4v) is 2.99. The van der Waals surface area contributed by atoms with Crippen LogP contribution < -0.4 is 14.9 Å². The normalized spacial score (nSPS) is 15.7. The van der Waals surface area contributed by atoms with Crippen LogP contribution in [0.15, 0.2) is 54.6 Å². The molecule has 0 bridgehead atoms. The summed E-state index contributed by atoms with van der Waals surface area (Å²) < 4.78 is 0. The monoisotopic (exact) mass is 296 g/mol. The van der Waals surface area contributed by atoms with Gasteiger partial charge in [-0.1, -0.05) is 36.4 Å². The lowest BCUT2D eigenvalue weighted by Gasteiger charge is -2.33. The summed E-state index contributed by atoms with van der Waals surface area (Å²) in [6, 6.07) is 17.6. The summed E-state index contributed by atoms with van der Waals surface area (Å²) >= 11 is 0. The summed E-state index contributed by atoms with van der Waals surface area (Å²) in [5.74, 6) is -1.11. The van der Waals surface area contributed by atoms with Gasteiger partial charge in [-0.15, -0.1) is 0 Å². The zero-order valence-electron chi connectivity index (χ0n) is 12.5. The largest absolute Gasteiger partial charge is 0.545 e. The number of carboxylic acids is 1. The molecule has 1 aliphatic rings. The van der Waals surface area contributed by atoms with Gasteiger partial charge in [0, 0.05) is 11.3 Å². The number of para-hydroxylation sites is 1. The highest BCUT2D eigenvalue weighted by atomic mass is 16.4. The molecule has 1 aliphatic heterocycles. The van der Waals surface area contributed by atoms with Gasteiger partial charge in [0.2, 0.25) is 0 Å². The van der Waals surface area contributed by atoms with E-state index in [1.807, 2.05) is 12.1 Å². The van der Waals surface area contributed by atoms with Crippen molar-refractivity contribution in [3.63, 3.8) is 0 Å². The first-order valence-electron chi connectivity index (χ1n) is 7.66. The smallest absolute Gasteiger partial charge is 0.103 e. The van der Waals surface area contributed by atoms with Crippen molar-refractivity contribution in [1.82, 2.24) is 0 Å². The first-order chi connectivity index (χ1) is 10.7. The predicted molar refractivity (Wildman–Crippen MR) is 83.8 cm³/mol. The van der Waals surface area contributed by atoms with Gasteiger partial charge in [-0.05, 0) is 23.8 Å². The Morgan fingerprint density at radius 2 is 1.77 bits per heavy atom. The molecule has 0 aliphatic carbocycles. The van der Waals surface area contributed by atoms with Crippen molar-refractivity contribution in [2.45, 2.75) is 6.54 Å². The maximum Gasteiger partial charge on any atom is 0.103 e. The van der Waals surface area contributed by atoms with Gasteiger partial charge in [0.25, 0.3) is 0 Å². The summed E-state index contributed by atoms with van der Waals surface area (Å²) in [5, 5.41) is 10.9. The first-order valence-corrected chi connectivity index (χ1v) is 7.66. The number of nitrogens with zero attached hydrogens (tertiary/aromatic N) is 1. The Morgan fingerprint density at radius 3 is 2.45 bits per heavy atom. The van der Waals surface area contributed by atoms with Crippen LogP contribution in [0.1, 0.15) is 15.9 Å². The number of aromatic carboxylic acids is 1. The second-order valence-corrected chi connectivity index (χ2v) is 5.74. The van der Waals surface area contributed by atoms with Gasteiger partial charge in [0.15, 0.2) is 0 Å². The predicted octanol–water partition coefficient (Wildman–Crippen LogP) is -0.0448. The van der Waals surface area contributed by atoms with Crippen LogP contribution in [0.3, 0.4) is 0 Å². The highest BCUT2D eigenvalue weighted by Gasteiger charge is 2.20. The molecule has 0 spiro atoms. The number of rotatable bonds is 4. The van der Waals surface area contributed by atoms with E-state index in [0.717, 1.165) is 38.3 Å². The summed E-state index contributed by atoms with van der Waals surface area (Å²) in [6.45, 7) is 5.04. The lowest BCUT2D eigenvalue weighted by atomic mass is 10.1. The molecule has 1 fully saturated rings. The van der Waals surface area contributed by atoms with Crippen molar-refractivity contribution in [1.29, 1.82) is 0 Å². The van der Waals surface area contributed by atoms with E-state index in [1.165, 1.54) is 10.6 Å². The Kier molecular flexibility index (Phi) is 4.39. The fourth-order valence-electron chi connectivity index (χ4n) is 2.99. The van der Waals surface area contributed by atoms with Crippen molar-refractivity contribution < 1.29 is 14.8 Å². The summed E-state index contributed by atoms with van der Waals surface area (Å²) in [7, 11) is 0. The highest BCUT2D eigenvalue weighted by Crippen LogP contribution is 2.12. The van der Waals surface area contributed by atoms with Crippen molar-refractivity contribution in [3.8, 4) is 0 Å². The molecule has 4 heteroatoms. The summed E-state index contributed by atoms with van der Waals surface area (Å²) in [6.07, 6.45) is 0. The van der Waals surface area contributed by atoms with E-state index in [2.05, 4.69) is 29.2 Å². The van der Waals surface area contributed by atoms with Crippen LogP contribution in [-0.4, -0.2) is 32.1 Å². The number of benzene rings is 2. The fraction of sp³-hybridized carbons (Fsp3) is 0.278. The minimum Gasteiger partial charge on any atom is -0.545 e. The van der Waals surface area contributed by atoms with Gasteiger partial charge in [0.05, 0.1) is 32.1 Å². The van der Waals surface area contributed by atoms with E-state index in [4.69, 9.17) is 0 Å². The number of nitrogens with one attached hydrogen (secondary N) is 1. The Hall–Kier alpha value is -2.33. The van der Waals surface area contributed by atoms with E-state index < -0.39 is 5.97 Å². The first kappa shape index (κ1) is 14.6. The molecule has 1 N–H and O–H groups in total. The standard InChI is InChI=1S/C18H20N2O2/c21-18(22)16-6-4-5-15(13-16)14-19-9-11-20(12-10-19)17-7-2-1-3-8-17/h1-8,13H,9-12,14H2,(H,21,22). The highest BCUT2D eigenvalue weighted by molar-refractivity contribution is 5.85. The Labute approximate surface area is 130 Å². The third-order valence-corrected chi connectivity index (χ3v) is 4.21. The number of anilines is 1. The molecule has 22 heavy (non-hydrogen) atoms. The minimum atomic E-state index is -1.11. The summed E-state index contributed by atoms with van der Waals surface area (Å²) in [4.78, 5) is 14.8. The van der Waals surface area contributed by atoms with Crippen LogP contribution >= 0.6 is 0 Å². The van der Waals surface area contributed by atoms with E-state index in [9.17, 15) is 9.90 Å². The molecule has 0 aromatic heterocycles. The zero-order valence-corrected chi connectivity index (χ0v) is 12.5. The van der Waals surface area contributed by atoms with Crippen molar-refractivity contribution in [3.05, 3.63) is 65.7 Å². The number of hydrogen-bond donors (Lipinski definition) is 1. The number of carbonyl (C=O) groups is 1. The van der Waals surface area contributed by atoms with Gasteiger partial charge >= 0.3 is 0 Å². The Bertz CT molecular complexity index is 635. The molecule has 114 valence electrons. The van der Waals surface area contributed by atoms with Crippen LogP contribution in [0.2, 0.25) is 0 Å².